The van der Waals surface area contributed by atoms with Crippen LogP contribution >= 0.6 is 11.3 Å². The van der Waals surface area contributed by atoms with Crippen LogP contribution in [0.15, 0.2) is 41.1 Å². The van der Waals surface area contributed by atoms with Crippen LogP contribution in [0.3, 0.4) is 0 Å². The number of aromatic nitrogens is 3. The lowest BCUT2D eigenvalue weighted by Crippen LogP contribution is -2.38. The maximum atomic E-state index is 5.78. The van der Waals surface area contributed by atoms with Gasteiger partial charge >= 0.3 is 0 Å². The number of ether oxygens (including phenoxy) is 1. The highest BCUT2D eigenvalue weighted by Crippen LogP contribution is 2.27. The molecule has 0 N–H and O–H groups in total. The van der Waals surface area contributed by atoms with Crippen LogP contribution in [0.4, 0.5) is 0 Å². The predicted molar refractivity (Wildman–Crippen MR) is 90.6 cm³/mol. The zero-order chi connectivity index (χ0) is 16.4. The maximum Gasteiger partial charge on any atom is 0.223 e. The Hall–Kier alpha value is -2.09. The molecular formula is C17H18N4O2S. The van der Waals surface area contributed by atoms with Gasteiger partial charge in [-0.25, -0.2) is 4.98 Å². The summed E-state index contributed by atoms with van der Waals surface area (Å²) in [6.45, 7) is 4.90. The number of benzene rings is 1. The first-order valence-corrected chi connectivity index (χ1v) is 8.74. The van der Waals surface area contributed by atoms with Crippen molar-refractivity contribution in [3.8, 4) is 10.4 Å². The van der Waals surface area contributed by atoms with Crippen LogP contribution in [-0.4, -0.2) is 39.7 Å². The second-order valence-electron chi connectivity index (χ2n) is 5.75. The van der Waals surface area contributed by atoms with Crippen LogP contribution < -0.4 is 0 Å². The molecule has 0 amide bonds. The molecule has 124 valence electrons. The van der Waals surface area contributed by atoms with Crippen LogP contribution in [0.2, 0.25) is 0 Å². The minimum absolute atomic E-state index is 0.134. The number of nitrogens with zero attached hydrogens (tertiary/aromatic N) is 4. The SMILES string of the molecule is Cc1nc(C2CN(Cc3ncc(-c4ccccc4)s3)CCO2)no1. The highest BCUT2D eigenvalue weighted by Gasteiger charge is 2.26. The van der Waals surface area contributed by atoms with Crippen LogP contribution in [0.5, 0.6) is 0 Å². The normalized spacial score (nSPS) is 18.8. The number of aryl methyl sites for hydroxylation is 1. The van der Waals surface area contributed by atoms with Gasteiger partial charge in [-0.05, 0) is 5.56 Å². The van der Waals surface area contributed by atoms with Crippen LogP contribution in [0.25, 0.3) is 10.4 Å². The molecule has 1 aliphatic rings. The monoisotopic (exact) mass is 342 g/mol. The molecule has 24 heavy (non-hydrogen) atoms. The van der Waals surface area contributed by atoms with Crippen LogP contribution in [0, 0.1) is 6.92 Å². The Morgan fingerprint density at radius 3 is 2.96 bits per heavy atom. The van der Waals surface area contributed by atoms with Crippen molar-refractivity contribution in [3.63, 3.8) is 0 Å². The number of hydrogen-bond acceptors (Lipinski definition) is 7. The van der Waals surface area contributed by atoms with Gasteiger partial charge in [-0.15, -0.1) is 11.3 Å². The molecule has 6 nitrogen and oxygen atoms in total. The summed E-state index contributed by atoms with van der Waals surface area (Å²) < 4.78 is 10.8. The van der Waals surface area contributed by atoms with Crippen LogP contribution in [0.1, 0.15) is 22.8 Å². The van der Waals surface area contributed by atoms with E-state index in [0.717, 1.165) is 24.6 Å². The van der Waals surface area contributed by atoms with Crippen molar-refractivity contribution < 1.29 is 9.26 Å². The molecular weight excluding hydrogens is 324 g/mol. The number of rotatable bonds is 4. The second-order valence-corrected chi connectivity index (χ2v) is 6.87. The summed E-state index contributed by atoms with van der Waals surface area (Å²) in [6, 6.07) is 10.3. The van der Waals surface area contributed by atoms with E-state index in [1.165, 1.54) is 10.4 Å². The van der Waals surface area contributed by atoms with Crippen molar-refractivity contribution in [2.75, 3.05) is 19.7 Å². The molecule has 1 atom stereocenters. The Kier molecular flexibility index (Phi) is 4.38. The summed E-state index contributed by atoms with van der Waals surface area (Å²) in [5.74, 6) is 1.19. The molecule has 1 fully saturated rings. The molecule has 3 heterocycles. The fraction of sp³-hybridized carbons (Fsp3) is 0.353. The van der Waals surface area contributed by atoms with Crippen molar-refractivity contribution in [1.82, 2.24) is 20.0 Å². The van der Waals surface area contributed by atoms with Crippen molar-refractivity contribution in [2.45, 2.75) is 19.6 Å². The van der Waals surface area contributed by atoms with E-state index in [0.29, 0.717) is 18.3 Å². The van der Waals surface area contributed by atoms with Gasteiger partial charge < -0.3 is 9.26 Å². The van der Waals surface area contributed by atoms with E-state index in [1.54, 1.807) is 18.3 Å². The largest absolute Gasteiger partial charge is 0.367 e. The van der Waals surface area contributed by atoms with Crippen molar-refractivity contribution in [2.24, 2.45) is 0 Å². The van der Waals surface area contributed by atoms with Crippen molar-refractivity contribution >= 4 is 11.3 Å². The summed E-state index contributed by atoms with van der Waals surface area (Å²) in [4.78, 5) is 12.4. The summed E-state index contributed by atoms with van der Waals surface area (Å²) in [5.41, 5.74) is 1.21. The predicted octanol–water partition coefficient (Wildman–Crippen LogP) is 3.08. The molecule has 0 radical (unpaired) electrons. The van der Waals surface area contributed by atoms with Gasteiger partial charge in [0.05, 0.1) is 18.0 Å². The average molecular weight is 342 g/mol. The second kappa shape index (κ2) is 6.80. The molecule has 1 aliphatic heterocycles. The molecule has 0 saturated carbocycles. The third-order valence-electron chi connectivity index (χ3n) is 3.95. The van der Waals surface area contributed by atoms with Gasteiger partial charge in [0.1, 0.15) is 11.1 Å². The average Bonchev–Trinajstić information content (AvgIpc) is 3.25. The van der Waals surface area contributed by atoms with Crippen LogP contribution in [-0.2, 0) is 11.3 Å². The van der Waals surface area contributed by atoms with E-state index in [9.17, 15) is 0 Å². The Labute approximate surface area is 144 Å². The minimum Gasteiger partial charge on any atom is -0.367 e. The van der Waals surface area contributed by atoms with Gasteiger partial charge in [-0.1, -0.05) is 35.5 Å². The molecule has 1 aromatic carbocycles. The van der Waals surface area contributed by atoms with Gasteiger partial charge in [0.15, 0.2) is 0 Å². The first-order valence-electron chi connectivity index (χ1n) is 7.92. The van der Waals surface area contributed by atoms with E-state index in [-0.39, 0.29) is 6.10 Å². The minimum atomic E-state index is -0.134. The fourth-order valence-corrected chi connectivity index (χ4v) is 3.72. The molecule has 2 aromatic heterocycles. The zero-order valence-corrected chi connectivity index (χ0v) is 14.2. The Morgan fingerprint density at radius 2 is 2.17 bits per heavy atom. The molecule has 4 rings (SSSR count). The van der Waals surface area contributed by atoms with E-state index in [1.807, 2.05) is 24.4 Å². The highest BCUT2D eigenvalue weighted by atomic mass is 32.1. The Bertz CT molecular complexity index is 802. The fourth-order valence-electron chi connectivity index (χ4n) is 2.76. The molecule has 7 heteroatoms. The van der Waals surface area contributed by atoms with Gasteiger partial charge in [0.25, 0.3) is 0 Å². The Morgan fingerprint density at radius 1 is 1.29 bits per heavy atom. The summed E-state index contributed by atoms with van der Waals surface area (Å²) in [5, 5.41) is 5.08. The zero-order valence-electron chi connectivity index (χ0n) is 13.4. The molecule has 1 saturated heterocycles. The molecule has 1 unspecified atom stereocenters. The lowest BCUT2D eigenvalue weighted by Gasteiger charge is -2.30. The maximum absolute atomic E-state index is 5.78. The third kappa shape index (κ3) is 3.38. The molecule has 3 aromatic rings. The van der Waals surface area contributed by atoms with Crippen molar-refractivity contribution in [3.05, 3.63) is 53.3 Å². The van der Waals surface area contributed by atoms with Gasteiger partial charge in [-0.3, -0.25) is 4.90 Å². The summed E-state index contributed by atoms with van der Waals surface area (Å²) >= 11 is 1.74. The standard InChI is InChI=1S/C17H18N4O2S/c1-12-19-17(20-23-12)14-10-21(7-8-22-14)11-16-18-9-15(24-16)13-5-3-2-4-6-13/h2-6,9,14H,7-8,10-11H2,1H3. The highest BCUT2D eigenvalue weighted by molar-refractivity contribution is 7.15. The summed E-state index contributed by atoms with van der Waals surface area (Å²) in [7, 11) is 0. The van der Waals surface area contributed by atoms with Gasteiger partial charge in [0.2, 0.25) is 11.7 Å². The van der Waals surface area contributed by atoms with E-state index >= 15 is 0 Å². The number of thiazole rings is 1. The van der Waals surface area contributed by atoms with E-state index in [4.69, 9.17) is 9.26 Å². The lowest BCUT2D eigenvalue weighted by molar-refractivity contribution is -0.0380. The first-order chi connectivity index (χ1) is 11.8. The van der Waals surface area contributed by atoms with E-state index < -0.39 is 0 Å². The molecule has 0 bridgehead atoms. The molecule has 0 aliphatic carbocycles. The Balaban J connectivity index is 1.43. The van der Waals surface area contributed by atoms with Crippen molar-refractivity contribution in [1.29, 1.82) is 0 Å². The molecule has 0 spiro atoms. The third-order valence-corrected chi connectivity index (χ3v) is 4.98. The summed E-state index contributed by atoms with van der Waals surface area (Å²) in [6.07, 6.45) is 1.82. The number of hydrogen-bond donors (Lipinski definition) is 0. The van der Waals surface area contributed by atoms with Gasteiger partial charge in [0, 0.05) is 26.2 Å². The topological polar surface area (TPSA) is 64.3 Å². The van der Waals surface area contributed by atoms with E-state index in [2.05, 4.69) is 32.2 Å². The first kappa shape index (κ1) is 15.4. The smallest absolute Gasteiger partial charge is 0.223 e. The quantitative estimate of drug-likeness (QED) is 0.726. The number of morpholine rings is 1. The van der Waals surface area contributed by atoms with Gasteiger partial charge in [-0.2, -0.15) is 4.98 Å². The lowest BCUT2D eigenvalue weighted by atomic mass is 10.2.